The number of likely N-dealkylation sites (tertiary alicyclic amines) is 1. The average Bonchev–Trinajstić information content (AvgIpc) is 3.51. The first-order valence-electron chi connectivity index (χ1n) is 9.82. The van der Waals surface area contributed by atoms with Crippen molar-refractivity contribution in [1.82, 2.24) is 5.32 Å². The van der Waals surface area contributed by atoms with Gasteiger partial charge >= 0.3 is 0 Å². The van der Waals surface area contributed by atoms with Crippen LogP contribution in [0, 0.1) is 0 Å². The van der Waals surface area contributed by atoms with E-state index in [-0.39, 0.29) is 17.9 Å². The van der Waals surface area contributed by atoms with Gasteiger partial charge in [-0.3, -0.25) is 9.59 Å². The zero-order chi connectivity index (χ0) is 20.1. The summed E-state index contributed by atoms with van der Waals surface area (Å²) < 4.78 is 5.63. The van der Waals surface area contributed by atoms with Gasteiger partial charge in [-0.25, -0.2) is 0 Å². The predicted octanol–water partition coefficient (Wildman–Crippen LogP) is 2.74. The Morgan fingerprint density at radius 1 is 1.07 bits per heavy atom. The van der Waals surface area contributed by atoms with E-state index in [0.29, 0.717) is 22.7 Å². The van der Waals surface area contributed by atoms with E-state index in [0.717, 1.165) is 18.8 Å². The van der Waals surface area contributed by atoms with Crippen LogP contribution in [0.2, 0.25) is 0 Å². The number of anilines is 1. The molecule has 7 heteroatoms. The molecule has 1 fully saturated rings. The van der Waals surface area contributed by atoms with E-state index in [1.165, 1.54) is 29.1 Å². The highest BCUT2D eigenvalue weighted by atomic mass is 32.1. The minimum Gasteiger partial charge on any atom is -0.463 e. The van der Waals surface area contributed by atoms with Gasteiger partial charge in [0, 0.05) is 24.1 Å². The Morgan fingerprint density at radius 3 is 2.66 bits per heavy atom. The van der Waals surface area contributed by atoms with Crippen molar-refractivity contribution in [1.29, 1.82) is 0 Å². The molecule has 1 aliphatic rings. The summed E-state index contributed by atoms with van der Waals surface area (Å²) in [4.78, 5) is 27.0. The van der Waals surface area contributed by atoms with E-state index in [4.69, 9.17) is 4.42 Å². The van der Waals surface area contributed by atoms with E-state index in [1.807, 2.05) is 23.6 Å². The van der Waals surface area contributed by atoms with Gasteiger partial charge in [-0.2, -0.15) is 0 Å². The maximum Gasteiger partial charge on any atom is 0.265 e. The largest absolute Gasteiger partial charge is 0.463 e. The molecule has 3 aromatic rings. The molecule has 3 heterocycles. The van der Waals surface area contributed by atoms with Gasteiger partial charge < -0.3 is 20.0 Å². The first kappa shape index (κ1) is 19.4. The van der Waals surface area contributed by atoms with Crippen LogP contribution >= 0.6 is 11.3 Å². The van der Waals surface area contributed by atoms with Crippen molar-refractivity contribution in [3.05, 3.63) is 76.4 Å². The molecule has 1 aliphatic heterocycles. The van der Waals surface area contributed by atoms with Gasteiger partial charge in [-0.1, -0.05) is 12.1 Å². The predicted molar refractivity (Wildman–Crippen MR) is 112 cm³/mol. The lowest BCUT2D eigenvalue weighted by atomic mass is 10.1. The van der Waals surface area contributed by atoms with Gasteiger partial charge in [0.15, 0.2) is 11.8 Å². The van der Waals surface area contributed by atoms with Crippen molar-refractivity contribution in [3.8, 4) is 0 Å². The van der Waals surface area contributed by atoms with Crippen molar-refractivity contribution >= 4 is 28.8 Å². The molecule has 6 nitrogen and oxygen atoms in total. The molecule has 0 spiro atoms. The molecule has 29 heavy (non-hydrogen) atoms. The number of amides is 2. The molecule has 0 unspecified atom stereocenters. The van der Waals surface area contributed by atoms with Crippen LogP contribution < -0.4 is 15.5 Å². The number of carbonyl (C=O) groups is 2. The van der Waals surface area contributed by atoms with Crippen LogP contribution in [0.1, 0.15) is 44.7 Å². The molecular formula is C22H24N3O3S+. The maximum atomic E-state index is 12.7. The zero-order valence-electron chi connectivity index (χ0n) is 16.0. The Balaban J connectivity index is 1.40. The Hall–Kier alpha value is -2.90. The molecule has 3 N–H and O–H groups in total. The number of quaternary nitrogens is 1. The van der Waals surface area contributed by atoms with Gasteiger partial charge in [0.05, 0.1) is 30.8 Å². The molecule has 2 aromatic heterocycles. The third kappa shape index (κ3) is 4.75. The molecule has 150 valence electrons. The normalized spacial score (nSPS) is 15.2. The van der Waals surface area contributed by atoms with Gasteiger partial charge in [-0.15, -0.1) is 11.3 Å². The van der Waals surface area contributed by atoms with E-state index in [2.05, 4.69) is 10.6 Å². The second kappa shape index (κ2) is 9.07. The molecule has 0 bridgehead atoms. The minimum atomic E-state index is -0.173. The van der Waals surface area contributed by atoms with E-state index in [9.17, 15) is 9.59 Å². The highest BCUT2D eigenvalue weighted by molar-refractivity contribution is 7.12. The molecule has 0 radical (unpaired) electrons. The van der Waals surface area contributed by atoms with Crippen molar-refractivity contribution in [2.45, 2.75) is 18.9 Å². The third-order valence-corrected chi connectivity index (χ3v) is 6.09. The first-order valence-corrected chi connectivity index (χ1v) is 10.7. The molecule has 0 saturated carbocycles. The van der Waals surface area contributed by atoms with Crippen molar-refractivity contribution < 1.29 is 18.9 Å². The standard InChI is InChI=1S/C22H23N3O3S/c26-21(23-15-18(19-8-4-12-28-19)25-10-1-2-11-25)16-6-3-7-17(14-16)24-22(27)20-9-5-13-29-20/h3-9,12-14,18H,1-2,10-11,15H2,(H,23,26)(H,24,27)/p+1/t18-/m1/s1. The van der Waals surface area contributed by atoms with Crippen LogP contribution in [0.3, 0.4) is 0 Å². The number of hydrogen-bond donors (Lipinski definition) is 3. The smallest absolute Gasteiger partial charge is 0.265 e. The Labute approximate surface area is 173 Å². The fraction of sp³-hybridized carbons (Fsp3) is 0.273. The van der Waals surface area contributed by atoms with Crippen LogP contribution in [-0.2, 0) is 0 Å². The summed E-state index contributed by atoms with van der Waals surface area (Å²) in [5.74, 6) is 0.569. The van der Waals surface area contributed by atoms with E-state index in [1.54, 1.807) is 36.6 Å². The van der Waals surface area contributed by atoms with Crippen molar-refractivity contribution in [2.24, 2.45) is 0 Å². The SMILES string of the molecule is O=C(NC[C@H](c1ccco1)[NH+]1CCCC1)c1cccc(NC(=O)c2cccs2)c1. The summed E-state index contributed by atoms with van der Waals surface area (Å²) in [5.41, 5.74) is 1.12. The maximum absolute atomic E-state index is 12.7. The molecule has 1 aromatic carbocycles. The summed E-state index contributed by atoms with van der Waals surface area (Å²) in [6.45, 7) is 2.68. The molecule has 1 atom stereocenters. The molecule has 1 saturated heterocycles. The first-order chi connectivity index (χ1) is 14.2. The van der Waals surface area contributed by atoms with Crippen LogP contribution in [0.5, 0.6) is 0 Å². The highest BCUT2D eigenvalue weighted by Crippen LogP contribution is 2.16. The van der Waals surface area contributed by atoms with Crippen molar-refractivity contribution in [2.75, 3.05) is 25.0 Å². The fourth-order valence-electron chi connectivity index (χ4n) is 3.75. The number of carbonyl (C=O) groups excluding carboxylic acids is 2. The lowest BCUT2D eigenvalue weighted by Crippen LogP contribution is -3.11. The zero-order valence-corrected chi connectivity index (χ0v) is 16.8. The Morgan fingerprint density at radius 2 is 1.93 bits per heavy atom. The van der Waals surface area contributed by atoms with Crippen LogP contribution in [-0.4, -0.2) is 31.4 Å². The minimum absolute atomic E-state index is 0.109. The lowest BCUT2D eigenvalue weighted by molar-refractivity contribution is -0.919. The van der Waals surface area contributed by atoms with Crippen LogP contribution in [0.25, 0.3) is 0 Å². The number of furan rings is 1. The lowest BCUT2D eigenvalue weighted by Gasteiger charge is -2.23. The van der Waals surface area contributed by atoms with Gasteiger partial charge in [0.2, 0.25) is 0 Å². The second-order valence-corrected chi connectivity index (χ2v) is 8.10. The number of benzene rings is 1. The van der Waals surface area contributed by atoms with E-state index < -0.39 is 0 Å². The number of rotatable bonds is 7. The Kier molecular flexibility index (Phi) is 6.07. The molecule has 0 aliphatic carbocycles. The monoisotopic (exact) mass is 410 g/mol. The summed E-state index contributed by atoms with van der Waals surface area (Å²) >= 11 is 1.38. The van der Waals surface area contributed by atoms with Crippen LogP contribution in [0.15, 0.2) is 64.6 Å². The number of hydrogen-bond acceptors (Lipinski definition) is 4. The van der Waals surface area contributed by atoms with Crippen LogP contribution in [0.4, 0.5) is 5.69 Å². The molecule has 2 amide bonds. The molecular weight excluding hydrogens is 386 g/mol. The van der Waals surface area contributed by atoms with Gasteiger partial charge in [-0.05, 0) is 41.8 Å². The highest BCUT2D eigenvalue weighted by Gasteiger charge is 2.29. The molecule has 4 rings (SSSR count). The quantitative estimate of drug-likeness (QED) is 0.561. The average molecular weight is 411 g/mol. The Bertz CT molecular complexity index is 948. The van der Waals surface area contributed by atoms with E-state index >= 15 is 0 Å². The van der Waals surface area contributed by atoms with Crippen molar-refractivity contribution in [3.63, 3.8) is 0 Å². The summed E-state index contributed by atoms with van der Waals surface area (Å²) in [6, 6.07) is 14.6. The summed E-state index contributed by atoms with van der Waals surface area (Å²) in [7, 11) is 0. The van der Waals surface area contributed by atoms with Gasteiger partial charge in [0.1, 0.15) is 0 Å². The third-order valence-electron chi connectivity index (χ3n) is 5.22. The summed E-state index contributed by atoms with van der Waals surface area (Å²) in [5, 5.41) is 7.74. The number of nitrogens with one attached hydrogen (secondary N) is 3. The number of thiophene rings is 1. The van der Waals surface area contributed by atoms with Gasteiger partial charge in [0.25, 0.3) is 11.8 Å². The fourth-order valence-corrected chi connectivity index (χ4v) is 4.37. The second-order valence-electron chi connectivity index (χ2n) is 7.16. The summed E-state index contributed by atoms with van der Waals surface area (Å²) in [6.07, 6.45) is 4.08. The topological polar surface area (TPSA) is 75.8 Å².